The maximum atomic E-state index is 13.7. The second-order valence-electron chi connectivity index (χ2n) is 5.40. The Morgan fingerprint density at radius 1 is 1.12 bits per heavy atom. The largest absolute Gasteiger partial charge is 0.394 e. The van der Waals surface area contributed by atoms with E-state index in [2.05, 4.69) is 4.72 Å². The zero-order valence-electron chi connectivity index (χ0n) is 13.6. The summed E-state index contributed by atoms with van der Waals surface area (Å²) in [6.07, 6.45) is -0.711. The van der Waals surface area contributed by atoms with Crippen LogP contribution in [0.2, 0.25) is 0 Å². The average Bonchev–Trinajstić information content (AvgIpc) is 2.55. The number of hydrogen-bond acceptors (Lipinski definition) is 4. The maximum absolute atomic E-state index is 13.7. The molecule has 2 N–H and O–H groups in total. The smallest absolute Gasteiger partial charge is 0.246 e. The summed E-state index contributed by atoms with van der Waals surface area (Å²) < 4.78 is 59.5. The number of aliphatic hydroxyl groups excluding tert-OH is 1. The second-order valence-corrected chi connectivity index (χ2v) is 7.10. The van der Waals surface area contributed by atoms with Crippen molar-refractivity contribution in [3.05, 3.63) is 65.2 Å². The maximum Gasteiger partial charge on any atom is 0.246 e. The fourth-order valence-corrected chi connectivity index (χ4v) is 3.41. The number of aliphatic hydroxyl groups is 1. The number of hydrogen-bond donors (Lipinski definition) is 2. The van der Waals surface area contributed by atoms with Crippen molar-refractivity contribution < 1.29 is 27.0 Å². The Balaban J connectivity index is 2.20. The zero-order chi connectivity index (χ0) is 18.4. The lowest BCUT2D eigenvalue weighted by molar-refractivity contribution is 0.0309. The molecule has 0 saturated heterocycles. The van der Waals surface area contributed by atoms with E-state index in [1.807, 2.05) is 19.1 Å². The van der Waals surface area contributed by atoms with Gasteiger partial charge in [0.25, 0.3) is 0 Å². The molecule has 0 bridgehead atoms. The molecule has 1 atom stereocenters. The van der Waals surface area contributed by atoms with Gasteiger partial charge in [-0.2, -0.15) is 0 Å². The summed E-state index contributed by atoms with van der Waals surface area (Å²) in [6, 6.07) is 10.0. The van der Waals surface area contributed by atoms with Crippen molar-refractivity contribution in [2.45, 2.75) is 17.9 Å². The summed E-state index contributed by atoms with van der Waals surface area (Å²) >= 11 is 0. The van der Waals surface area contributed by atoms with E-state index in [-0.39, 0.29) is 19.8 Å². The Bertz CT molecular complexity index is 790. The molecule has 0 heterocycles. The summed E-state index contributed by atoms with van der Waals surface area (Å²) in [5.74, 6) is -2.34. The molecule has 0 fully saturated rings. The highest BCUT2D eigenvalue weighted by atomic mass is 32.2. The molecule has 8 heteroatoms. The van der Waals surface area contributed by atoms with Crippen LogP contribution >= 0.6 is 0 Å². The van der Waals surface area contributed by atoms with Crippen molar-refractivity contribution in [2.75, 3.05) is 19.8 Å². The predicted molar refractivity (Wildman–Crippen MR) is 88.5 cm³/mol. The molecular weight excluding hydrogens is 352 g/mol. The van der Waals surface area contributed by atoms with Crippen molar-refractivity contribution in [1.82, 2.24) is 4.72 Å². The fraction of sp³-hybridized carbons (Fsp3) is 0.294. The van der Waals surface area contributed by atoms with Gasteiger partial charge in [0.05, 0.1) is 19.3 Å². The van der Waals surface area contributed by atoms with Gasteiger partial charge >= 0.3 is 0 Å². The van der Waals surface area contributed by atoms with Crippen LogP contribution in [-0.2, 0) is 14.8 Å². The van der Waals surface area contributed by atoms with E-state index in [0.717, 1.165) is 23.8 Å². The standard InChI is InChI=1S/C17H19F2NO4S/c1-12-5-7-13(8-6-12)16(24-10-9-21)11-20-25(22,23)17-14(18)3-2-4-15(17)19/h2-8,16,20-21H,9-11H2,1H3/t16-/m0/s1. The molecule has 0 amide bonds. The molecule has 0 saturated carbocycles. The predicted octanol–water partition coefficient (Wildman–Crippen LogP) is 2.30. The highest BCUT2D eigenvalue weighted by molar-refractivity contribution is 7.89. The third-order valence-electron chi connectivity index (χ3n) is 3.51. The molecule has 0 aliphatic rings. The van der Waals surface area contributed by atoms with Crippen LogP contribution in [0.3, 0.4) is 0 Å². The Labute approximate surface area is 145 Å². The fourth-order valence-electron chi connectivity index (χ4n) is 2.25. The first-order valence-corrected chi connectivity index (χ1v) is 9.06. The average molecular weight is 371 g/mol. The lowest BCUT2D eigenvalue weighted by atomic mass is 10.1. The van der Waals surface area contributed by atoms with Crippen molar-refractivity contribution >= 4 is 10.0 Å². The number of aryl methyl sites for hydroxylation is 1. The molecule has 2 aromatic carbocycles. The van der Waals surface area contributed by atoms with Crippen LogP contribution < -0.4 is 4.72 Å². The van der Waals surface area contributed by atoms with E-state index in [9.17, 15) is 17.2 Å². The van der Waals surface area contributed by atoms with Crippen LogP contribution in [-0.4, -0.2) is 33.3 Å². The van der Waals surface area contributed by atoms with Crippen LogP contribution in [0.4, 0.5) is 8.78 Å². The van der Waals surface area contributed by atoms with Crippen LogP contribution in [0.5, 0.6) is 0 Å². The van der Waals surface area contributed by atoms with Crippen LogP contribution in [0.25, 0.3) is 0 Å². The summed E-state index contributed by atoms with van der Waals surface area (Å²) in [5, 5.41) is 8.92. The van der Waals surface area contributed by atoms with E-state index in [1.165, 1.54) is 0 Å². The van der Waals surface area contributed by atoms with Gasteiger partial charge in [-0.1, -0.05) is 35.9 Å². The van der Waals surface area contributed by atoms with Gasteiger partial charge < -0.3 is 9.84 Å². The first-order chi connectivity index (χ1) is 11.8. The van der Waals surface area contributed by atoms with Crippen molar-refractivity contribution in [1.29, 1.82) is 0 Å². The quantitative estimate of drug-likeness (QED) is 0.747. The van der Waals surface area contributed by atoms with Gasteiger partial charge in [0.15, 0.2) is 4.90 Å². The minimum Gasteiger partial charge on any atom is -0.394 e. The van der Waals surface area contributed by atoms with Crippen molar-refractivity contribution in [3.63, 3.8) is 0 Å². The minimum absolute atomic E-state index is 0.00563. The monoisotopic (exact) mass is 371 g/mol. The van der Waals surface area contributed by atoms with Crippen molar-refractivity contribution in [3.8, 4) is 0 Å². The van der Waals surface area contributed by atoms with Crippen molar-refractivity contribution in [2.24, 2.45) is 0 Å². The molecule has 0 aliphatic heterocycles. The summed E-state index contributed by atoms with van der Waals surface area (Å²) in [6.45, 7) is 1.42. The third-order valence-corrected chi connectivity index (χ3v) is 4.98. The normalized spacial score (nSPS) is 13.0. The Morgan fingerprint density at radius 2 is 1.72 bits per heavy atom. The van der Waals surface area contributed by atoms with Gasteiger partial charge in [-0.25, -0.2) is 21.9 Å². The Kier molecular flexibility index (Phi) is 6.60. The van der Waals surface area contributed by atoms with Crippen LogP contribution in [0.15, 0.2) is 47.4 Å². The number of halogens is 2. The second kappa shape index (κ2) is 8.48. The molecule has 25 heavy (non-hydrogen) atoms. The number of nitrogens with one attached hydrogen (secondary N) is 1. The van der Waals surface area contributed by atoms with Gasteiger partial charge in [0.2, 0.25) is 10.0 Å². The van der Waals surface area contributed by atoms with E-state index in [0.29, 0.717) is 5.56 Å². The van der Waals surface area contributed by atoms with Crippen LogP contribution in [0.1, 0.15) is 17.2 Å². The molecule has 0 spiro atoms. The summed E-state index contributed by atoms with van der Waals surface area (Å²) in [7, 11) is -4.40. The number of benzene rings is 2. The number of ether oxygens (including phenoxy) is 1. The number of sulfonamides is 1. The van der Waals surface area contributed by atoms with Gasteiger partial charge in [0, 0.05) is 6.54 Å². The molecule has 136 valence electrons. The highest BCUT2D eigenvalue weighted by Crippen LogP contribution is 2.21. The summed E-state index contributed by atoms with van der Waals surface area (Å²) in [5.41, 5.74) is 1.69. The van der Waals surface area contributed by atoms with Crippen LogP contribution in [0, 0.1) is 18.6 Å². The van der Waals surface area contributed by atoms with Gasteiger partial charge in [-0.05, 0) is 24.6 Å². The summed E-state index contributed by atoms with van der Waals surface area (Å²) in [4.78, 5) is -1.03. The molecule has 2 rings (SSSR count). The first kappa shape index (κ1) is 19.5. The third kappa shape index (κ3) is 5.05. The van der Waals surface area contributed by atoms with E-state index in [4.69, 9.17) is 9.84 Å². The first-order valence-electron chi connectivity index (χ1n) is 7.58. The van der Waals surface area contributed by atoms with E-state index in [1.54, 1.807) is 12.1 Å². The Hall–Kier alpha value is -1.87. The topological polar surface area (TPSA) is 75.6 Å². The van der Waals surface area contributed by atoms with E-state index < -0.39 is 32.7 Å². The molecular formula is C17H19F2NO4S. The van der Waals surface area contributed by atoms with Gasteiger partial charge in [-0.3, -0.25) is 0 Å². The molecule has 5 nitrogen and oxygen atoms in total. The van der Waals surface area contributed by atoms with Gasteiger partial charge in [0.1, 0.15) is 11.6 Å². The lowest BCUT2D eigenvalue weighted by Gasteiger charge is -2.19. The highest BCUT2D eigenvalue weighted by Gasteiger charge is 2.25. The molecule has 0 radical (unpaired) electrons. The zero-order valence-corrected chi connectivity index (χ0v) is 14.4. The molecule has 0 aliphatic carbocycles. The SMILES string of the molecule is Cc1ccc([C@H](CNS(=O)(=O)c2c(F)cccc2F)OCCO)cc1. The molecule has 0 unspecified atom stereocenters. The minimum atomic E-state index is -4.40. The lowest BCUT2D eigenvalue weighted by Crippen LogP contribution is -2.31. The van der Waals surface area contributed by atoms with Gasteiger partial charge in [-0.15, -0.1) is 0 Å². The Morgan fingerprint density at radius 3 is 2.28 bits per heavy atom. The molecule has 2 aromatic rings. The van der Waals surface area contributed by atoms with E-state index >= 15 is 0 Å². The molecule has 0 aromatic heterocycles. The number of rotatable bonds is 8.